The number of nitrogens with one attached hydrogen (secondary N) is 2. The second-order valence-electron chi connectivity index (χ2n) is 5.98. The molecule has 8 heteroatoms. The Morgan fingerprint density at radius 2 is 2.24 bits per heavy atom. The van der Waals surface area contributed by atoms with E-state index >= 15 is 0 Å². The summed E-state index contributed by atoms with van der Waals surface area (Å²) in [5.41, 5.74) is 0.505. The summed E-state index contributed by atoms with van der Waals surface area (Å²) in [7, 11) is 0. The number of aromatic nitrogens is 2. The molecule has 0 bridgehead atoms. The van der Waals surface area contributed by atoms with Crippen LogP contribution in [0.5, 0.6) is 5.75 Å². The van der Waals surface area contributed by atoms with Gasteiger partial charge in [-0.15, -0.1) is 0 Å². The Kier molecular flexibility index (Phi) is 5.23. The van der Waals surface area contributed by atoms with Crippen molar-refractivity contribution in [1.29, 1.82) is 0 Å². The average molecular weight is 363 g/mol. The highest BCUT2D eigenvalue weighted by Crippen LogP contribution is 2.19. The third kappa shape index (κ3) is 5.22. The van der Waals surface area contributed by atoms with Crippen LogP contribution in [0.1, 0.15) is 19.8 Å². The fourth-order valence-electron chi connectivity index (χ4n) is 2.20. The van der Waals surface area contributed by atoms with Gasteiger partial charge in [0.15, 0.2) is 6.10 Å². The normalized spacial score (nSPS) is 14.6. The molecule has 1 heterocycles. The summed E-state index contributed by atoms with van der Waals surface area (Å²) < 4.78 is 7.05. The molecule has 2 aromatic rings. The average Bonchev–Trinajstić information content (AvgIpc) is 3.25. The zero-order valence-electron chi connectivity index (χ0n) is 13.7. The van der Waals surface area contributed by atoms with Gasteiger partial charge in [-0.05, 0) is 38.0 Å². The van der Waals surface area contributed by atoms with Crippen molar-refractivity contribution in [3.8, 4) is 5.75 Å². The van der Waals surface area contributed by atoms with Gasteiger partial charge in [-0.25, -0.2) is 0 Å². The van der Waals surface area contributed by atoms with Crippen molar-refractivity contribution in [2.75, 3.05) is 5.32 Å². The molecule has 0 radical (unpaired) electrons. The zero-order valence-corrected chi connectivity index (χ0v) is 14.5. The van der Waals surface area contributed by atoms with Crippen LogP contribution in [-0.4, -0.2) is 33.7 Å². The van der Waals surface area contributed by atoms with Gasteiger partial charge < -0.3 is 15.4 Å². The minimum Gasteiger partial charge on any atom is -0.481 e. The first-order chi connectivity index (χ1) is 12.0. The van der Waals surface area contributed by atoms with Gasteiger partial charge >= 0.3 is 0 Å². The van der Waals surface area contributed by atoms with E-state index in [0.29, 0.717) is 22.5 Å². The van der Waals surface area contributed by atoms with Gasteiger partial charge in [-0.3, -0.25) is 14.3 Å². The van der Waals surface area contributed by atoms with E-state index in [0.717, 1.165) is 12.8 Å². The molecule has 3 rings (SSSR count). The Labute approximate surface area is 150 Å². The lowest BCUT2D eigenvalue weighted by Crippen LogP contribution is -2.30. The van der Waals surface area contributed by atoms with Crippen LogP contribution in [-0.2, 0) is 16.1 Å². The maximum Gasteiger partial charge on any atom is 0.265 e. The van der Waals surface area contributed by atoms with Gasteiger partial charge in [0.05, 0.1) is 11.9 Å². The predicted molar refractivity (Wildman–Crippen MR) is 93.6 cm³/mol. The lowest BCUT2D eigenvalue weighted by Gasteiger charge is -2.14. The van der Waals surface area contributed by atoms with Crippen molar-refractivity contribution in [3.63, 3.8) is 0 Å². The number of benzene rings is 1. The highest BCUT2D eigenvalue weighted by Gasteiger charge is 2.23. The molecule has 0 saturated heterocycles. The summed E-state index contributed by atoms with van der Waals surface area (Å²) in [5, 5.41) is 10.2. The number of anilines is 1. The van der Waals surface area contributed by atoms with E-state index in [1.165, 1.54) is 10.9 Å². The van der Waals surface area contributed by atoms with E-state index < -0.39 is 6.10 Å². The van der Waals surface area contributed by atoms with Crippen molar-refractivity contribution < 1.29 is 14.3 Å². The van der Waals surface area contributed by atoms with E-state index in [1.807, 2.05) is 0 Å². The Morgan fingerprint density at radius 3 is 2.96 bits per heavy atom. The molecule has 2 amide bonds. The SMILES string of the molecule is C[C@H](Oc1cccc(Cl)c1)C(=O)Nc1cnn(CC(=O)NC2CC2)c1. The van der Waals surface area contributed by atoms with Crippen molar-refractivity contribution in [2.45, 2.75) is 38.5 Å². The standard InChI is InChI=1S/C17H19ClN4O3/c1-11(25-15-4-2-3-12(18)7-15)17(24)21-14-8-19-22(9-14)10-16(23)20-13-5-6-13/h2-4,7-9,11,13H,5-6,10H2,1H3,(H,20,23)(H,21,24)/t11-/m0/s1. The summed E-state index contributed by atoms with van der Waals surface area (Å²) in [6, 6.07) is 7.16. The minimum atomic E-state index is -0.708. The van der Waals surface area contributed by atoms with Crippen molar-refractivity contribution in [3.05, 3.63) is 41.7 Å². The fourth-order valence-corrected chi connectivity index (χ4v) is 2.38. The number of rotatable bonds is 7. The van der Waals surface area contributed by atoms with Gasteiger partial charge in [0.1, 0.15) is 12.3 Å². The lowest BCUT2D eigenvalue weighted by atomic mass is 10.3. The number of amides is 2. The van der Waals surface area contributed by atoms with Crippen LogP contribution in [0.4, 0.5) is 5.69 Å². The number of hydrogen-bond acceptors (Lipinski definition) is 4. The topological polar surface area (TPSA) is 85.2 Å². The summed E-state index contributed by atoms with van der Waals surface area (Å²) in [6.45, 7) is 1.77. The highest BCUT2D eigenvalue weighted by molar-refractivity contribution is 6.30. The van der Waals surface area contributed by atoms with Crippen LogP contribution in [0.2, 0.25) is 5.02 Å². The highest BCUT2D eigenvalue weighted by atomic mass is 35.5. The second kappa shape index (κ2) is 7.57. The maximum atomic E-state index is 12.2. The van der Waals surface area contributed by atoms with E-state index in [-0.39, 0.29) is 18.4 Å². The fraction of sp³-hybridized carbons (Fsp3) is 0.353. The number of hydrogen-bond donors (Lipinski definition) is 2. The van der Waals surface area contributed by atoms with Crippen LogP contribution >= 0.6 is 11.6 Å². The monoisotopic (exact) mass is 362 g/mol. The summed E-state index contributed by atoms with van der Waals surface area (Å²) in [6.07, 6.45) is 4.47. The molecule has 7 nitrogen and oxygen atoms in total. The molecular weight excluding hydrogens is 344 g/mol. The van der Waals surface area contributed by atoms with Crippen LogP contribution in [0.15, 0.2) is 36.7 Å². The lowest BCUT2D eigenvalue weighted by molar-refractivity contribution is -0.122. The molecule has 1 atom stereocenters. The van der Waals surface area contributed by atoms with Crippen LogP contribution in [0.25, 0.3) is 0 Å². The molecule has 25 heavy (non-hydrogen) atoms. The molecule has 1 fully saturated rings. The van der Waals surface area contributed by atoms with E-state index in [9.17, 15) is 9.59 Å². The Bertz CT molecular complexity index is 773. The minimum absolute atomic E-state index is 0.0823. The first-order valence-corrected chi connectivity index (χ1v) is 8.42. The molecule has 1 aliphatic carbocycles. The van der Waals surface area contributed by atoms with Gasteiger partial charge in [-0.1, -0.05) is 17.7 Å². The zero-order chi connectivity index (χ0) is 17.8. The predicted octanol–water partition coefficient (Wildman–Crippen LogP) is 2.22. The van der Waals surface area contributed by atoms with E-state index in [2.05, 4.69) is 15.7 Å². The Hall–Kier alpha value is -2.54. The Morgan fingerprint density at radius 1 is 1.44 bits per heavy atom. The molecule has 0 spiro atoms. The molecule has 1 aromatic heterocycles. The van der Waals surface area contributed by atoms with Crippen LogP contribution < -0.4 is 15.4 Å². The number of nitrogens with zero attached hydrogens (tertiary/aromatic N) is 2. The molecule has 1 aromatic carbocycles. The maximum absolute atomic E-state index is 12.2. The number of halogens is 1. The molecule has 2 N–H and O–H groups in total. The summed E-state index contributed by atoms with van der Waals surface area (Å²) in [4.78, 5) is 23.9. The van der Waals surface area contributed by atoms with E-state index in [4.69, 9.17) is 16.3 Å². The van der Waals surface area contributed by atoms with Gasteiger partial charge in [-0.2, -0.15) is 5.10 Å². The molecule has 1 saturated carbocycles. The number of carbonyl (C=O) groups is 2. The molecular formula is C17H19ClN4O3. The van der Waals surface area contributed by atoms with Gasteiger partial charge in [0.25, 0.3) is 5.91 Å². The quantitative estimate of drug-likeness (QED) is 0.790. The largest absolute Gasteiger partial charge is 0.481 e. The first kappa shape index (κ1) is 17.3. The van der Waals surface area contributed by atoms with Gasteiger partial charge in [0, 0.05) is 17.3 Å². The van der Waals surface area contributed by atoms with Crippen molar-refractivity contribution in [1.82, 2.24) is 15.1 Å². The third-order valence-electron chi connectivity index (χ3n) is 3.63. The van der Waals surface area contributed by atoms with Crippen molar-refractivity contribution in [2.24, 2.45) is 0 Å². The molecule has 132 valence electrons. The Balaban J connectivity index is 1.50. The third-order valence-corrected chi connectivity index (χ3v) is 3.86. The molecule has 0 aliphatic heterocycles. The van der Waals surface area contributed by atoms with Crippen LogP contribution in [0.3, 0.4) is 0 Å². The number of carbonyl (C=O) groups excluding carboxylic acids is 2. The van der Waals surface area contributed by atoms with Gasteiger partial charge in [0.2, 0.25) is 5.91 Å². The molecule has 1 aliphatic rings. The van der Waals surface area contributed by atoms with Crippen molar-refractivity contribution >= 4 is 29.1 Å². The second-order valence-corrected chi connectivity index (χ2v) is 6.41. The summed E-state index contributed by atoms with van der Waals surface area (Å²) in [5.74, 6) is 0.116. The first-order valence-electron chi connectivity index (χ1n) is 8.04. The molecule has 0 unspecified atom stereocenters. The number of ether oxygens (including phenoxy) is 1. The summed E-state index contributed by atoms with van der Waals surface area (Å²) >= 11 is 5.89. The smallest absolute Gasteiger partial charge is 0.265 e. The van der Waals surface area contributed by atoms with Crippen LogP contribution in [0, 0.1) is 0 Å². The van der Waals surface area contributed by atoms with E-state index in [1.54, 1.807) is 37.4 Å².